The molecule has 1 aromatic rings. The van der Waals surface area contributed by atoms with Gasteiger partial charge in [-0.1, -0.05) is 19.1 Å². The van der Waals surface area contributed by atoms with E-state index >= 15 is 0 Å². The van der Waals surface area contributed by atoms with Crippen LogP contribution in [-0.2, 0) is 22.2 Å². The lowest BCUT2D eigenvalue weighted by molar-refractivity contribution is -0.141. The Labute approximate surface area is 175 Å². The molecule has 30 heavy (non-hydrogen) atoms. The lowest BCUT2D eigenvalue weighted by atomic mass is 9.88. The maximum Gasteiger partial charge on any atom is 0.433 e. The van der Waals surface area contributed by atoms with Crippen LogP contribution in [0, 0.1) is 18.3 Å². The Morgan fingerprint density at radius 2 is 2.10 bits per heavy atom. The highest BCUT2D eigenvalue weighted by atomic mass is 19.4. The number of fused-ring (bicyclic) bond motifs is 1. The number of hydrogen-bond donors (Lipinski definition) is 1. The minimum atomic E-state index is -4.53. The number of halogens is 3. The van der Waals surface area contributed by atoms with E-state index in [1.165, 1.54) is 6.07 Å². The topological polar surface area (TPSA) is 59.1 Å². The van der Waals surface area contributed by atoms with Gasteiger partial charge in [0, 0.05) is 18.4 Å². The molecular weight excluding hydrogens is 393 g/mol. The second-order valence-electron chi connectivity index (χ2n) is 8.88. The van der Waals surface area contributed by atoms with Crippen molar-refractivity contribution in [3.63, 3.8) is 0 Å². The molecule has 1 saturated carbocycles. The van der Waals surface area contributed by atoms with E-state index in [0.717, 1.165) is 31.7 Å². The Hall–Kier alpha value is -2.02. The SMILES string of the molecule is C=CCC[C@@H](C)C(=O)CC[C@@]12C[C@@H](C(=O)Cc3nc(C(F)(F)F)ccc3C)N[C@@H]1C2. The Kier molecular flexibility index (Phi) is 6.51. The number of nitrogens with one attached hydrogen (secondary N) is 1. The lowest BCUT2D eigenvalue weighted by Gasteiger charge is -2.17. The molecule has 0 aromatic carbocycles. The zero-order valence-electron chi connectivity index (χ0n) is 17.5. The quantitative estimate of drug-likeness (QED) is 0.560. The molecule has 2 heterocycles. The maximum absolute atomic E-state index is 12.9. The first-order valence-electron chi connectivity index (χ1n) is 10.5. The highest BCUT2D eigenvalue weighted by molar-refractivity contribution is 5.87. The molecule has 1 aromatic heterocycles. The van der Waals surface area contributed by atoms with Crippen molar-refractivity contribution in [2.75, 3.05) is 0 Å². The van der Waals surface area contributed by atoms with Gasteiger partial charge in [0.15, 0.2) is 5.78 Å². The van der Waals surface area contributed by atoms with Crippen molar-refractivity contribution < 1.29 is 22.8 Å². The van der Waals surface area contributed by atoms with Crippen molar-refractivity contribution in [2.45, 2.75) is 77.1 Å². The number of carbonyl (C=O) groups is 2. The molecule has 2 aliphatic rings. The standard InChI is InChI=1S/C23H29F3N2O2/c1-4-5-6-15(3)18(29)9-10-22-12-17(28-21(22)13-22)19(30)11-16-14(2)7-8-20(27-16)23(24,25)26/h4,7-8,15,17,21,28H,1,5-6,9-13H2,2-3H3/t15-,17+,21-,22+/m1/s1. The molecule has 0 spiro atoms. The van der Waals surface area contributed by atoms with Gasteiger partial charge >= 0.3 is 6.18 Å². The van der Waals surface area contributed by atoms with Gasteiger partial charge in [-0.15, -0.1) is 6.58 Å². The summed E-state index contributed by atoms with van der Waals surface area (Å²) in [6, 6.07) is 2.14. The Morgan fingerprint density at radius 1 is 1.37 bits per heavy atom. The van der Waals surface area contributed by atoms with E-state index in [2.05, 4.69) is 16.9 Å². The number of piperidine rings is 1. The van der Waals surface area contributed by atoms with Crippen LogP contribution in [0.2, 0.25) is 0 Å². The molecule has 1 aliphatic carbocycles. The first-order valence-corrected chi connectivity index (χ1v) is 10.5. The highest BCUT2D eigenvalue weighted by Gasteiger charge is 2.60. The van der Waals surface area contributed by atoms with Gasteiger partial charge in [0.1, 0.15) is 11.5 Å². The van der Waals surface area contributed by atoms with Gasteiger partial charge in [-0.3, -0.25) is 9.59 Å². The predicted octanol–water partition coefficient (Wildman–Crippen LogP) is 4.59. The van der Waals surface area contributed by atoms with Crippen LogP contribution in [0.4, 0.5) is 13.2 Å². The van der Waals surface area contributed by atoms with Crippen molar-refractivity contribution in [2.24, 2.45) is 11.3 Å². The lowest BCUT2D eigenvalue weighted by Crippen LogP contribution is -2.35. The van der Waals surface area contributed by atoms with E-state index in [1.54, 1.807) is 6.92 Å². The van der Waals surface area contributed by atoms with Crippen LogP contribution in [0.1, 0.15) is 62.4 Å². The molecule has 4 atom stereocenters. The van der Waals surface area contributed by atoms with E-state index in [1.807, 2.05) is 13.0 Å². The number of allylic oxidation sites excluding steroid dienone is 1. The van der Waals surface area contributed by atoms with E-state index in [0.29, 0.717) is 18.4 Å². The van der Waals surface area contributed by atoms with Crippen molar-refractivity contribution in [3.05, 3.63) is 41.7 Å². The van der Waals surface area contributed by atoms with E-state index < -0.39 is 11.9 Å². The van der Waals surface area contributed by atoms with E-state index in [-0.39, 0.29) is 47.1 Å². The molecule has 2 fully saturated rings. The average Bonchev–Trinajstić information content (AvgIpc) is 3.24. The molecule has 7 heteroatoms. The first-order chi connectivity index (χ1) is 14.1. The van der Waals surface area contributed by atoms with Crippen LogP contribution in [-0.4, -0.2) is 28.6 Å². The number of carbonyl (C=O) groups excluding carboxylic acids is 2. The fourth-order valence-electron chi connectivity index (χ4n) is 4.45. The summed E-state index contributed by atoms with van der Waals surface area (Å²) in [6.07, 6.45) is 1.65. The van der Waals surface area contributed by atoms with Crippen molar-refractivity contribution in [1.82, 2.24) is 10.3 Å². The summed E-state index contributed by atoms with van der Waals surface area (Å²) in [6.45, 7) is 7.29. The second-order valence-corrected chi connectivity index (χ2v) is 8.88. The van der Waals surface area contributed by atoms with Gasteiger partial charge in [-0.2, -0.15) is 13.2 Å². The number of aromatic nitrogens is 1. The number of rotatable bonds is 10. The summed E-state index contributed by atoms with van der Waals surface area (Å²) in [5.74, 6) is 0.121. The van der Waals surface area contributed by atoms with Crippen LogP contribution in [0.3, 0.4) is 0 Å². The second kappa shape index (κ2) is 8.61. The summed E-state index contributed by atoms with van der Waals surface area (Å²) in [4.78, 5) is 28.8. The van der Waals surface area contributed by atoms with Crippen molar-refractivity contribution in [3.8, 4) is 0 Å². The summed E-state index contributed by atoms with van der Waals surface area (Å²) < 4.78 is 38.8. The molecule has 0 radical (unpaired) electrons. The molecule has 3 rings (SSSR count). The fraction of sp³-hybridized carbons (Fsp3) is 0.609. The molecule has 1 aliphatic heterocycles. The van der Waals surface area contributed by atoms with Gasteiger partial charge in [-0.25, -0.2) is 4.98 Å². The normalized spacial score (nSPS) is 26.2. The van der Waals surface area contributed by atoms with Crippen LogP contribution in [0.5, 0.6) is 0 Å². The summed E-state index contributed by atoms with van der Waals surface area (Å²) in [7, 11) is 0. The number of alkyl halides is 3. The van der Waals surface area contributed by atoms with E-state index in [9.17, 15) is 22.8 Å². The molecule has 0 bridgehead atoms. The van der Waals surface area contributed by atoms with Gasteiger partial charge in [-0.05, 0) is 56.1 Å². The summed E-state index contributed by atoms with van der Waals surface area (Å²) >= 11 is 0. The number of aryl methyl sites for hydroxylation is 1. The van der Waals surface area contributed by atoms with Crippen LogP contribution in [0.25, 0.3) is 0 Å². The number of hydrogen-bond acceptors (Lipinski definition) is 4. The van der Waals surface area contributed by atoms with Crippen LogP contribution >= 0.6 is 0 Å². The number of nitrogens with zero attached hydrogens (tertiary/aromatic N) is 1. The van der Waals surface area contributed by atoms with Gasteiger partial charge in [0.2, 0.25) is 0 Å². The molecule has 1 N–H and O–H groups in total. The highest BCUT2D eigenvalue weighted by Crippen LogP contribution is 2.57. The monoisotopic (exact) mass is 422 g/mol. The number of pyridine rings is 1. The molecule has 164 valence electrons. The minimum Gasteiger partial charge on any atom is -0.304 e. The predicted molar refractivity (Wildman–Crippen MR) is 108 cm³/mol. The van der Waals surface area contributed by atoms with Gasteiger partial charge in [0.25, 0.3) is 0 Å². The third kappa shape index (κ3) is 4.99. The van der Waals surface area contributed by atoms with Gasteiger partial charge in [0.05, 0.1) is 18.2 Å². The Morgan fingerprint density at radius 3 is 2.77 bits per heavy atom. The maximum atomic E-state index is 12.9. The smallest absolute Gasteiger partial charge is 0.304 e. The molecule has 1 saturated heterocycles. The number of ketones is 2. The van der Waals surface area contributed by atoms with Crippen molar-refractivity contribution >= 4 is 11.6 Å². The minimum absolute atomic E-state index is 0.0124. The third-order valence-electron chi connectivity index (χ3n) is 6.65. The number of Topliss-reactive ketones (excluding diaryl/α,β-unsaturated/α-hetero) is 2. The summed E-state index contributed by atoms with van der Waals surface area (Å²) in [5, 5.41) is 3.32. The zero-order chi connectivity index (χ0) is 22.1. The van der Waals surface area contributed by atoms with Crippen LogP contribution in [0.15, 0.2) is 24.8 Å². The molecule has 4 nitrogen and oxygen atoms in total. The molecular formula is C23H29F3N2O2. The fourth-order valence-corrected chi connectivity index (χ4v) is 4.45. The average molecular weight is 422 g/mol. The zero-order valence-corrected chi connectivity index (χ0v) is 17.5. The Balaban J connectivity index is 1.55. The third-order valence-corrected chi connectivity index (χ3v) is 6.65. The molecule has 0 amide bonds. The Bertz CT molecular complexity index is 836. The van der Waals surface area contributed by atoms with Crippen molar-refractivity contribution in [1.29, 1.82) is 0 Å². The first kappa shape index (κ1) is 22.7. The van der Waals surface area contributed by atoms with Crippen LogP contribution < -0.4 is 5.32 Å². The summed E-state index contributed by atoms with van der Waals surface area (Å²) in [5.41, 5.74) is -0.241. The van der Waals surface area contributed by atoms with E-state index in [4.69, 9.17) is 0 Å². The largest absolute Gasteiger partial charge is 0.433 e. The molecule has 0 unspecified atom stereocenters. The van der Waals surface area contributed by atoms with Gasteiger partial charge < -0.3 is 5.32 Å².